The van der Waals surface area contributed by atoms with Crippen molar-refractivity contribution in [2.75, 3.05) is 0 Å². The molecular formula is C28H27N3. The van der Waals surface area contributed by atoms with Crippen LogP contribution in [0.2, 0.25) is 0 Å². The van der Waals surface area contributed by atoms with E-state index in [2.05, 4.69) is 68.0 Å². The number of aromatic nitrogens is 3. The Kier molecular flexibility index (Phi) is 3.29. The Balaban J connectivity index is 1.31. The molecule has 0 amide bonds. The summed E-state index contributed by atoms with van der Waals surface area (Å²) in [5.41, 5.74) is 18.1. The molecule has 0 fully saturated rings. The van der Waals surface area contributed by atoms with Gasteiger partial charge in [-0.3, -0.25) is 0 Å². The third kappa shape index (κ3) is 2.32. The van der Waals surface area contributed by atoms with Gasteiger partial charge in [0, 0.05) is 41.3 Å². The average molecular weight is 406 g/mol. The third-order valence-electron chi connectivity index (χ3n) is 7.49. The first-order valence-corrected chi connectivity index (χ1v) is 11.6. The van der Waals surface area contributed by atoms with Crippen molar-refractivity contribution < 1.29 is 0 Å². The minimum atomic E-state index is 0.434. The highest BCUT2D eigenvalue weighted by Crippen LogP contribution is 2.48. The molecule has 0 saturated carbocycles. The summed E-state index contributed by atoms with van der Waals surface area (Å²) in [7, 11) is 0. The van der Waals surface area contributed by atoms with E-state index in [-0.39, 0.29) is 0 Å². The van der Waals surface area contributed by atoms with Crippen molar-refractivity contribution in [2.24, 2.45) is 0 Å². The largest absolute Gasteiger partial charge is 0.358 e. The summed E-state index contributed by atoms with van der Waals surface area (Å²) < 4.78 is 0. The Morgan fingerprint density at radius 3 is 1.87 bits per heavy atom. The predicted molar refractivity (Wildman–Crippen MR) is 126 cm³/mol. The molecule has 0 unspecified atom stereocenters. The molecule has 3 aliphatic rings. The molecule has 3 nitrogen and oxygen atoms in total. The molecular weight excluding hydrogens is 378 g/mol. The van der Waals surface area contributed by atoms with E-state index in [1.165, 1.54) is 72.8 Å². The van der Waals surface area contributed by atoms with Crippen LogP contribution >= 0.6 is 0 Å². The topological polar surface area (TPSA) is 44.5 Å². The molecule has 4 aromatic rings. The molecule has 0 bridgehead atoms. The van der Waals surface area contributed by atoms with Crippen LogP contribution < -0.4 is 0 Å². The van der Waals surface area contributed by atoms with Crippen LogP contribution in [0.15, 0.2) is 30.3 Å². The molecule has 0 atom stereocenters. The quantitative estimate of drug-likeness (QED) is 0.330. The Bertz CT molecular complexity index is 1300. The van der Waals surface area contributed by atoms with E-state index in [0.29, 0.717) is 11.8 Å². The fourth-order valence-corrected chi connectivity index (χ4v) is 5.79. The van der Waals surface area contributed by atoms with Crippen molar-refractivity contribution in [1.82, 2.24) is 15.0 Å². The van der Waals surface area contributed by atoms with Crippen LogP contribution in [-0.4, -0.2) is 15.0 Å². The van der Waals surface area contributed by atoms with E-state index in [9.17, 15) is 0 Å². The van der Waals surface area contributed by atoms with Gasteiger partial charge in [-0.2, -0.15) is 0 Å². The Morgan fingerprint density at radius 1 is 0.613 bits per heavy atom. The highest BCUT2D eigenvalue weighted by atomic mass is 14.9. The van der Waals surface area contributed by atoms with Gasteiger partial charge in [0.2, 0.25) is 0 Å². The van der Waals surface area contributed by atoms with Gasteiger partial charge in [-0.25, -0.2) is 4.98 Å². The van der Waals surface area contributed by atoms with Gasteiger partial charge in [0.15, 0.2) is 0 Å². The summed E-state index contributed by atoms with van der Waals surface area (Å²) in [5, 5.41) is 0. The van der Waals surface area contributed by atoms with Crippen LogP contribution in [0.5, 0.6) is 0 Å². The third-order valence-corrected chi connectivity index (χ3v) is 7.49. The number of aromatic amines is 2. The summed E-state index contributed by atoms with van der Waals surface area (Å²) >= 11 is 0. The number of imidazole rings is 1. The molecule has 2 aromatic carbocycles. The fraction of sp³-hybridized carbons (Fsp3) is 0.321. The van der Waals surface area contributed by atoms with Crippen molar-refractivity contribution in [3.63, 3.8) is 0 Å². The number of nitrogens with zero attached hydrogens (tertiary/aromatic N) is 1. The van der Waals surface area contributed by atoms with Gasteiger partial charge in [-0.05, 0) is 81.6 Å². The van der Waals surface area contributed by atoms with E-state index in [1.807, 2.05) is 0 Å². The maximum atomic E-state index is 4.88. The second-order valence-corrected chi connectivity index (χ2v) is 10.2. The molecule has 3 aliphatic carbocycles. The van der Waals surface area contributed by atoms with E-state index in [0.717, 1.165) is 25.1 Å². The summed E-state index contributed by atoms with van der Waals surface area (Å²) in [4.78, 5) is 12.2. The first-order valence-electron chi connectivity index (χ1n) is 11.6. The molecule has 0 spiro atoms. The van der Waals surface area contributed by atoms with E-state index in [4.69, 9.17) is 4.98 Å². The predicted octanol–water partition coefficient (Wildman–Crippen LogP) is 6.70. The second-order valence-electron chi connectivity index (χ2n) is 10.2. The van der Waals surface area contributed by atoms with Crippen LogP contribution in [0.3, 0.4) is 0 Å². The Labute approximate surface area is 183 Å². The summed E-state index contributed by atoms with van der Waals surface area (Å²) in [6.45, 7) is 8.92. The van der Waals surface area contributed by atoms with Crippen LogP contribution in [0.1, 0.15) is 84.6 Å². The van der Waals surface area contributed by atoms with Gasteiger partial charge < -0.3 is 9.97 Å². The van der Waals surface area contributed by atoms with Gasteiger partial charge >= 0.3 is 0 Å². The number of hydrogen-bond donors (Lipinski definition) is 2. The monoisotopic (exact) mass is 405 g/mol. The molecule has 0 saturated heterocycles. The summed E-state index contributed by atoms with van der Waals surface area (Å²) in [6, 6.07) is 12.2. The maximum absolute atomic E-state index is 4.88. The fourth-order valence-electron chi connectivity index (χ4n) is 5.79. The lowest BCUT2D eigenvalue weighted by Gasteiger charge is -2.09. The van der Waals surface area contributed by atoms with Crippen molar-refractivity contribution in [3.8, 4) is 33.6 Å². The van der Waals surface area contributed by atoms with Gasteiger partial charge in [-0.1, -0.05) is 27.7 Å². The van der Waals surface area contributed by atoms with Crippen molar-refractivity contribution in [3.05, 3.63) is 75.4 Å². The molecule has 2 N–H and O–H groups in total. The molecule has 154 valence electrons. The summed E-state index contributed by atoms with van der Waals surface area (Å²) in [6.07, 6.45) is 3.02. The molecule has 7 rings (SSSR count). The first kappa shape index (κ1) is 17.6. The molecule has 3 heteroatoms. The highest BCUT2D eigenvalue weighted by Gasteiger charge is 2.30. The standard InChI is InChI=1S/C28H27N3/c1-13(2)24-12-19-6-17-7-20-15(9-22(17)26(19)29-24)5-16-10-23-18(8-21(16)20)11-25-27(23)31-28(30-25)14(3)4/h7-10,12-14,29H,5-6,11H2,1-4H3,(H,30,31). The number of H-pyrrole nitrogens is 2. The number of nitrogens with one attached hydrogen (secondary N) is 2. The van der Waals surface area contributed by atoms with Gasteiger partial charge in [-0.15, -0.1) is 0 Å². The Morgan fingerprint density at radius 2 is 1.19 bits per heavy atom. The molecule has 31 heavy (non-hydrogen) atoms. The van der Waals surface area contributed by atoms with E-state index >= 15 is 0 Å². The van der Waals surface area contributed by atoms with Crippen LogP contribution in [0.25, 0.3) is 33.6 Å². The number of hydrogen-bond acceptors (Lipinski definition) is 1. The molecule has 2 aromatic heterocycles. The van der Waals surface area contributed by atoms with Crippen molar-refractivity contribution >= 4 is 0 Å². The smallest absolute Gasteiger partial charge is 0.109 e. The SMILES string of the molecule is CC(C)c1cc2c([nH]1)-c1cc3c(cc1C2)-c1cc2c(cc1C3)-c1[nH]c(C(C)C)nc1C2. The molecule has 0 radical (unpaired) electrons. The van der Waals surface area contributed by atoms with Gasteiger partial charge in [0.1, 0.15) is 5.82 Å². The van der Waals surface area contributed by atoms with Crippen LogP contribution in [-0.2, 0) is 19.3 Å². The van der Waals surface area contributed by atoms with Gasteiger partial charge in [0.25, 0.3) is 0 Å². The zero-order chi connectivity index (χ0) is 21.0. The second kappa shape index (κ2) is 5.79. The zero-order valence-electron chi connectivity index (χ0n) is 18.6. The van der Waals surface area contributed by atoms with Crippen molar-refractivity contribution in [1.29, 1.82) is 0 Å². The number of rotatable bonds is 2. The lowest BCUT2D eigenvalue weighted by Crippen LogP contribution is -1.93. The lowest BCUT2D eigenvalue weighted by atomic mass is 9.97. The van der Waals surface area contributed by atoms with E-state index in [1.54, 1.807) is 0 Å². The van der Waals surface area contributed by atoms with Crippen LogP contribution in [0.4, 0.5) is 0 Å². The van der Waals surface area contributed by atoms with Gasteiger partial charge in [0.05, 0.1) is 11.4 Å². The number of benzene rings is 2. The first-order chi connectivity index (χ1) is 15.0. The minimum Gasteiger partial charge on any atom is -0.358 e. The lowest BCUT2D eigenvalue weighted by molar-refractivity contribution is 0.789. The van der Waals surface area contributed by atoms with E-state index < -0.39 is 0 Å². The maximum Gasteiger partial charge on any atom is 0.109 e. The minimum absolute atomic E-state index is 0.434. The molecule has 0 aliphatic heterocycles. The molecule has 2 heterocycles. The average Bonchev–Trinajstić information content (AvgIpc) is 3.49. The normalized spacial score (nSPS) is 14.6. The Hall–Kier alpha value is -3.07. The van der Waals surface area contributed by atoms with Crippen LogP contribution in [0, 0.1) is 0 Å². The zero-order valence-corrected chi connectivity index (χ0v) is 18.6. The number of fused-ring (bicyclic) bond motifs is 9. The summed E-state index contributed by atoms with van der Waals surface area (Å²) in [5.74, 6) is 2.08. The van der Waals surface area contributed by atoms with Crippen molar-refractivity contribution in [2.45, 2.75) is 58.8 Å². The highest BCUT2D eigenvalue weighted by molar-refractivity contribution is 5.87.